The zero-order chi connectivity index (χ0) is 36.9. The molecule has 1 unspecified atom stereocenters. The third-order valence-electron chi connectivity index (χ3n) is 9.54. The number of fused-ring (bicyclic) bond motifs is 3. The van der Waals surface area contributed by atoms with Gasteiger partial charge >= 0.3 is 12.1 Å². The Morgan fingerprint density at radius 2 is 1.65 bits per heavy atom. The SMILES string of the molecule is COc1ccc(C(Cc2c(Cl)c[n+]([O-])cc2Cl)OC(=O)c2ccc(CN(C(=O)O[C@H]3CN4CCC3CC4)c3cccc(O)c3OC)cc2)cc1OC. The molecule has 4 aromatic rings. The van der Waals surface area contributed by atoms with Crippen LogP contribution < -0.4 is 23.8 Å². The predicted octanol–water partition coefficient (Wildman–Crippen LogP) is 6.74. The van der Waals surface area contributed by atoms with Gasteiger partial charge in [-0.05, 0) is 79.4 Å². The molecule has 12 nitrogen and oxygen atoms in total. The third-order valence-corrected chi connectivity index (χ3v) is 10.2. The quantitative estimate of drug-likeness (QED) is 0.0943. The summed E-state index contributed by atoms with van der Waals surface area (Å²) in [7, 11) is 4.43. The number of benzene rings is 3. The zero-order valence-corrected chi connectivity index (χ0v) is 30.4. The number of nitrogens with zero attached hydrogens (tertiary/aromatic N) is 3. The van der Waals surface area contributed by atoms with Crippen molar-refractivity contribution in [2.45, 2.75) is 38.0 Å². The van der Waals surface area contributed by atoms with E-state index in [0.717, 1.165) is 25.9 Å². The van der Waals surface area contributed by atoms with E-state index < -0.39 is 18.2 Å². The number of methoxy groups -OCH3 is 3. The van der Waals surface area contributed by atoms with Crippen LogP contribution in [0.1, 0.15) is 46.0 Å². The minimum Gasteiger partial charge on any atom is -0.619 e. The molecule has 3 aromatic carbocycles. The number of piperidine rings is 3. The summed E-state index contributed by atoms with van der Waals surface area (Å²) in [4.78, 5) is 31.2. The van der Waals surface area contributed by atoms with Crippen LogP contribution in [-0.4, -0.2) is 69.1 Å². The second-order valence-electron chi connectivity index (χ2n) is 12.7. The standard InChI is InChI=1S/C38H39Cl2N3O9/c1-48-32-12-11-26(17-34(32)49-2)33(18-27-28(39)20-42(47)21-29(27)40)51-37(45)25-9-7-23(8-10-25)19-43(30-5-4-6-31(44)36(30)50-3)38(46)52-35-22-41-15-13-24(35)14-16-41/h4-12,17,20-21,24,33,35,44H,13-16,18-19,22H2,1-3H3/t33?,35-/m0/s1. The fourth-order valence-electron chi connectivity index (χ4n) is 6.74. The first-order chi connectivity index (χ1) is 25.1. The van der Waals surface area contributed by atoms with E-state index in [9.17, 15) is 19.9 Å². The Hall–Kier alpha value is -4.91. The molecule has 3 aliphatic heterocycles. The van der Waals surface area contributed by atoms with E-state index in [2.05, 4.69) is 4.90 Å². The normalized spacial score (nSPS) is 18.3. The van der Waals surface area contributed by atoms with Crippen molar-refractivity contribution in [3.63, 3.8) is 0 Å². The molecule has 2 bridgehead atoms. The number of aromatic nitrogens is 1. The smallest absolute Gasteiger partial charge is 0.415 e. The average molecular weight is 753 g/mol. The van der Waals surface area contributed by atoms with E-state index >= 15 is 0 Å². The Morgan fingerprint density at radius 1 is 0.962 bits per heavy atom. The molecule has 0 spiro atoms. The zero-order valence-electron chi connectivity index (χ0n) is 28.9. The van der Waals surface area contributed by atoms with Crippen molar-refractivity contribution < 1.29 is 43.1 Å². The van der Waals surface area contributed by atoms with Crippen LogP contribution in [0.2, 0.25) is 10.0 Å². The Labute approximate surface area is 311 Å². The Kier molecular flexibility index (Phi) is 11.5. The predicted molar refractivity (Wildman–Crippen MR) is 194 cm³/mol. The van der Waals surface area contributed by atoms with E-state index in [1.165, 1.54) is 44.7 Å². The van der Waals surface area contributed by atoms with Crippen LogP contribution in [0.3, 0.4) is 0 Å². The lowest BCUT2D eigenvalue weighted by molar-refractivity contribution is -0.605. The molecule has 3 saturated heterocycles. The van der Waals surface area contributed by atoms with Crippen molar-refractivity contribution in [3.05, 3.63) is 111 Å². The minimum absolute atomic E-state index is 0.0558. The number of anilines is 1. The highest BCUT2D eigenvalue weighted by Gasteiger charge is 2.38. The number of para-hydroxylation sites is 1. The maximum atomic E-state index is 13.8. The van der Waals surface area contributed by atoms with Crippen LogP contribution in [-0.2, 0) is 22.4 Å². The van der Waals surface area contributed by atoms with Gasteiger partial charge in [0.1, 0.15) is 22.3 Å². The number of carbonyl (C=O) groups is 2. The Morgan fingerprint density at radius 3 is 2.27 bits per heavy atom. The highest BCUT2D eigenvalue weighted by molar-refractivity contribution is 6.35. The van der Waals surface area contributed by atoms with Gasteiger partial charge in [0, 0.05) is 18.5 Å². The lowest BCUT2D eigenvalue weighted by Crippen LogP contribution is -2.53. The molecular weight excluding hydrogens is 713 g/mol. The van der Waals surface area contributed by atoms with Gasteiger partial charge in [-0.2, -0.15) is 4.73 Å². The van der Waals surface area contributed by atoms with Gasteiger partial charge in [0.05, 0.1) is 39.1 Å². The van der Waals surface area contributed by atoms with Gasteiger partial charge in [-0.15, -0.1) is 0 Å². The molecule has 14 heteroatoms. The molecule has 3 fully saturated rings. The Bertz CT molecular complexity index is 1900. The first-order valence-corrected chi connectivity index (χ1v) is 17.5. The first-order valence-electron chi connectivity index (χ1n) is 16.7. The number of hydrogen-bond acceptors (Lipinski definition) is 10. The van der Waals surface area contributed by atoms with Crippen LogP contribution >= 0.6 is 23.2 Å². The number of aromatic hydroxyl groups is 1. The summed E-state index contributed by atoms with van der Waals surface area (Å²) < 4.78 is 29.0. The number of phenolic OH excluding ortho intramolecular Hbond substituents is 1. The van der Waals surface area contributed by atoms with E-state index in [1.807, 2.05) is 0 Å². The van der Waals surface area contributed by atoms with Crippen LogP contribution in [0.15, 0.2) is 73.1 Å². The molecule has 1 amide bonds. The van der Waals surface area contributed by atoms with Crippen molar-refractivity contribution in [1.82, 2.24) is 4.90 Å². The van der Waals surface area contributed by atoms with Gasteiger partial charge in [0.25, 0.3) is 0 Å². The largest absolute Gasteiger partial charge is 0.619 e. The van der Waals surface area contributed by atoms with E-state index in [1.54, 1.807) is 54.6 Å². The van der Waals surface area contributed by atoms with Crippen LogP contribution in [0.4, 0.5) is 10.5 Å². The molecular formula is C38H39Cl2N3O9. The molecule has 0 radical (unpaired) electrons. The Balaban J connectivity index is 1.24. The number of hydrogen-bond donors (Lipinski definition) is 1. The second kappa shape index (κ2) is 16.2. The lowest BCUT2D eigenvalue weighted by atomic mass is 9.86. The van der Waals surface area contributed by atoms with E-state index in [4.69, 9.17) is 46.9 Å². The number of pyridine rings is 1. The minimum atomic E-state index is -0.889. The highest BCUT2D eigenvalue weighted by Crippen LogP contribution is 2.39. The number of ether oxygens (including phenoxy) is 5. The number of halogens is 2. The van der Waals surface area contributed by atoms with Gasteiger partial charge in [0.2, 0.25) is 0 Å². The maximum absolute atomic E-state index is 13.8. The van der Waals surface area contributed by atoms with Gasteiger partial charge in [-0.3, -0.25) is 9.80 Å². The van der Waals surface area contributed by atoms with Crippen molar-refractivity contribution in [1.29, 1.82) is 0 Å². The van der Waals surface area contributed by atoms with Crippen LogP contribution in [0.25, 0.3) is 0 Å². The van der Waals surface area contributed by atoms with Crippen LogP contribution in [0, 0.1) is 11.1 Å². The summed E-state index contributed by atoms with van der Waals surface area (Å²) in [5.41, 5.74) is 2.26. The van der Waals surface area contributed by atoms with Crippen LogP contribution in [0.5, 0.6) is 23.0 Å². The monoisotopic (exact) mass is 751 g/mol. The fraction of sp³-hybridized carbons (Fsp3) is 0.342. The lowest BCUT2D eigenvalue weighted by Gasteiger charge is -2.44. The molecule has 2 atom stereocenters. The molecule has 0 saturated carbocycles. The number of amides is 1. The molecule has 4 heterocycles. The molecule has 274 valence electrons. The topological polar surface area (TPSA) is 134 Å². The molecule has 0 aliphatic carbocycles. The summed E-state index contributed by atoms with van der Waals surface area (Å²) in [6.45, 7) is 2.75. The summed E-state index contributed by atoms with van der Waals surface area (Å²) in [6, 6.07) is 16.5. The van der Waals surface area contributed by atoms with Gasteiger partial charge in [-0.1, -0.05) is 47.5 Å². The van der Waals surface area contributed by atoms with Gasteiger partial charge in [0.15, 0.2) is 35.4 Å². The summed E-state index contributed by atoms with van der Waals surface area (Å²) in [6.07, 6.45) is 2.67. The second-order valence-corrected chi connectivity index (χ2v) is 13.5. The average Bonchev–Trinajstić information content (AvgIpc) is 3.15. The maximum Gasteiger partial charge on any atom is 0.415 e. The summed E-state index contributed by atoms with van der Waals surface area (Å²) in [5, 5.41) is 22.7. The summed E-state index contributed by atoms with van der Waals surface area (Å²) >= 11 is 12.8. The van der Waals surface area contributed by atoms with Crippen molar-refractivity contribution >= 4 is 41.0 Å². The molecule has 1 aromatic heterocycles. The number of phenols is 1. The number of esters is 1. The van der Waals surface area contributed by atoms with Crippen molar-refractivity contribution in [3.8, 4) is 23.0 Å². The molecule has 1 N–H and O–H groups in total. The highest BCUT2D eigenvalue weighted by atomic mass is 35.5. The van der Waals surface area contributed by atoms with Gasteiger partial charge in [-0.25, -0.2) is 9.59 Å². The molecule has 3 aliphatic rings. The van der Waals surface area contributed by atoms with E-state index in [0.29, 0.717) is 51.1 Å². The third kappa shape index (κ3) is 8.09. The summed E-state index contributed by atoms with van der Waals surface area (Å²) in [5.74, 6) is 0.591. The van der Waals surface area contributed by atoms with Crippen molar-refractivity contribution in [2.75, 3.05) is 45.9 Å². The van der Waals surface area contributed by atoms with Crippen molar-refractivity contribution in [2.24, 2.45) is 5.92 Å². The number of carbonyl (C=O) groups excluding carboxylic acids is 2. The molecule has 7 rings (SSSR count). The number of rotatable bonds is 12. The van der Waals surface area contributed by atoms with Gasteiger partial charge < -0.3 is 34.0 Å². The molecule has 52 heavy (non-hydrogen) atoms. The first kappa shape index (κ1) is 36.9. The fourth-order valence-corrected chi connectivity index (χ4v) is 7.34. The van der Waals surface area contributed by atoms with E-state index in [-0.39, 0.29) is 46.2 Å².